The van der Waals surface area contributed by atoms with E-state index >= 15 is 0 Å². The number of pyridine rings is 1. The van der Waals surface area contributed by atoms with Crippen molar-refractivity contribution in [1.29, 1.82) is 0 Å². The number of rotatable bonds is 7. The molecule has 1 aromatic heterocycles. The van der Waals surface area contributed by atoms with E-state index in [1.165, 1.54) is 12.4 Å². The molecule has 0 amide bonds. The van der Waals surface area contributed by atoms with E-state index in [1.54, 1.807) is 6.07 Å². The molecule has 102 valence electrons. The zero-order valence-corrected chi connectivity index (χ0v) is 11.0. The number of alkyl halides is 2. The van der Waals surface area contributed by atoms with Gasteiger partial charge in [-0.1, -0.05) is 6.92 Å². The first-order valence-electron chi connectivity index (χ1n) is 6.17. The van der Waals surface area contributed by atoms with Crippen LogP contribution in [0.25, 0.3) is 0 Å². The summed E-state index contributed by atoms with van der Waals surface area (Å²) in [6.07, 6.45) is 1.32. The molecule has 0 aliphatic heterocycles. The highest BCUT2D eigenvalue weighted by Crippen LogP contribution is 2.23. The molecular weight excluding hydrogens is 238 g/mol. The van der Waals surface area contributed by atoms with Gasteiger partial charge in [-0.15, -0.1) is 0 Å². The maximum Gasteiger partial charge on any atom is 0.257 e. The second-order valence-corrected chi connectivity index (χ2v) is 4.39. The number of hydrogen-bond donors (Lipinski definition) is 1. The smallest absolute Gasteiger partial charge is 0.257 e. The van der Waals surface area contributed by atoms with Crippen molar-refractivity contribution < 1.29 is 13.5 Å². The minimum Gasteiger partial charge on any atom is -0.489 e. The molecule has 0 radical (unpaired) electrons. The Hall–Kier alpha value is -1.23. The summed E-state index contributed by atoms with van der Waals surface area (Å²) in [7, 11) is 0. The van der Waals surface area contributed by atoms with Crippen LogP contribution in [-0.4, -0.2) is 24.1 Å². The van der Waals surface area contributed by atoms with Crippen molar-refractivity contribution in [2.75, 3.05) is 6.54 Å². The lowest BCUT2D eigenvalue weighted by atomic mass is 10.1. The van der Waals surface area contributed by atoms with Gasteiger partial charge in [0.05, 0.1) is 18.3 Å². The molecule has 0 aliphatic rings. The molecule has 1 heterocycles. The Bertz CT molecular complexity index is 359. The highest BCUT2D eigenvalue weighted by atomic mass is 19.3. The Morgan fingerprint density at radius 3 is 2.61 bits per heavy atom. The third kappa shape index (κ3) is 4.56. The SMILES string of the molecule is CCCNC(c1cncc(OC(C)C)c1)C(F)F. The van der Waals surface area contributed by atoms with Crippen LogP contribution in [-0.2, 0) is 0 Å². The highest BCUT2D eigenvalue weighted by Gasteiger charge is 2.22. The zero-order valence-electron chi connectivity index (χ0n) is 11.0. The predicted molar refractivity (Wildman–Crippen MR) is 67.0 cm³/mol. The van der Waals surface area contributed by atoms with E-state index in [4.69, 9.17) is 4.74 Å². The van der Waals surface area contributed by atoms with Gasteiger partial charge >= 0.3 is 0 Å². The summed E-state index contributed by atoms with van der Waals surface area (Å²) in [5.74, 6) is 0.520. The Labute approximate surface area is 107 Å². The summed E-state index contributed by atoms with van der Waals surface area (Å²) in [6.45, 7) is 6.25. The number of nitrogens with one attached hydrogen (secondary N) is 1. The lowest BCUT2D eigenvalue weighted by molar-refractivity contribution is 0.0981. The third-order valence-corrected chi connectivity index (χ3v) is 2.33. The molecule has 0 bridgehead atoms. The zero-order chi connectivity index (χ0) is 13.5. The van der Waals surface area contributed by atoms with Crippen LogP contribution in [0.5, 0.6) is 5.75 Å². The molecule has 1 rings (SSSR count). The summed E-state index contributed by atoms with van der Waals surface area (Å²) >= 11 is 0. The second kappa shape index (κ2) is 7.26. The monoisotopic (exact) mass is 258 g/mol. The summed E-state index contributed by atoms with van der Waals surface area (Å²) in [4.78, 5) is 3.95. The van der Waals surface area contributed by atoms with Crippen molar-refractivity contribution in [3.05, 3.63) is 24.0 Å². The Morgan fingerprint density at radius 2 is 2.06 bits per heavy atom. The van der Waals surface area contributed by atoms with Crippen molar-refractivity contribution in [1.82, 2.24) is 10.3 Å². The quantitative estimate of drug-likeness (QED) is 0.815. The fourth-order valence-corrected chi connectivity index (χ4v) is 1.59. The Balaban J connectivity index is 2.83. The normalized spacial score (nSPS) is 13.1. The molecular formula is C13H20F2N2O. The van der Waals surface area contributed by atoms with Gasteiger partial charge in [-0.2, -0.15) is 0 Å². The average Bonchev–Trinajstić information content (AvgIpc) is 2.28. The van der Waals surface area contributed by atoms with Crippen molar-refractivity contribution in [3.8, 4) is 5.75 Å². The molecule has 3 nitrogen and oxygen atoms in total. The number of aromatic nitrogens is 1. The van der Waals surface area contributed by atoms with Crippen LogP contribution >= 0.6 is 0 Å². The van der Waals surface area contributed by atoms with Gasteiger partial charge in [0.25, 0.3) is 6.43 Å². The first kappa shape index (κ1) is 14.8. The van der Waals surface area contributed by atoms with Gasteiger partial charge in [-0.05, 0) is 38.4 Å². The molecule has 1 aromatic rings. The largest absolute Gasteiger partial charge is 0.489 e. The van der Waals surface area contributed by atoms with Crippen LogP contribution in [0.2, 0.25) is 0 Å². The maximum atomic E-state index is 13.0. The van der Waals surface area contributed by atoms with Gasteiger partial charge in [0, 0.05) is 6.20 Å². The molecule has 1 N–H and O–H groups in total. The van der Waals surface area contributed by atoms with E-state index in [9.17, 15) is 8.78 Å². The first-order valence-corrected chi connectivity index (χ1v) is 6.17. The standard InChI is InChI=1S/C13H20F2N2O/c1-4-5-17-12(13(14)15)10-6-11(8-16-7-10)18-9(2)3/h6-9,12-13,17H,4-5H2,1-3H3. The fraction of sp³-hybridized carbons (Fsp3) is 0.615. The van der Waals surface area contributed by atoms with Crippen molar-refractivity contribution >= 4 is 0 Å². The molecule has 0 fully saturated rings. The number of halogens is 2. The number of hydrogen-bond acceptors (Lipinski definition) is 3. The molecule has 0 saturated heterocycles. The summed E-state index contributed by atoms with van der Waals surface area (Å²) < 4.78 is 31.4. The van der Waals surface area contributed by atoms with E-state index in [1.807, 2.05) is 20.8 Å². The molecule has 0 saturated carbocycles. The molecule has 5 heteroatoms. The topological polar surface area (TPSA) is 34.2 Å². The molecule has 0 aromatic carbocycles. The predicted octanol–water partition coefficient (Wildman–Crippen LogP) is 3.17. The van der Waals surface area contributed by atoms with Gasteiger partial charge < -0.3 is 10.1 Å². The van der Waals surface area contributed by atoms with Crippen LogP contribution in [0.3, 0.4) is 0 Å². The van der Waals surface area contributed by atoms with E-state index in [-0.39, 0.29) is 6.10 Å². The minimum absolute atomic E-state index is 0.00403. The summed E-state index contributed by atoms with van der Waals surface area (Å²) in [5, 5.41) is 2.82. The van der Waals surface area contributed by atoms with Gasteiger partial charge in [-0.3, -0.25) is 4.98 Å². The van der Waals surface area contributed by atoms with Crippen molar-refractivity contribution in [2.24, 2.45) is 0 Å². The maximum absolute atomic E-state index is 13.0. The van der Waals surface area contributed by atoms with E-state index in [2.05, 4.69) is 10.3 Å². The minimum atomic E-state index is -2.47. The lowest BCUT2D eigenvalue weighted by Crippen LogP contribution is -2.28. The molecule has 0 spiro atoms. The second-order valence-electron chi connectivity index (χ2n) is 4.39. The van der Waals surface area contributed by atoms with Crippen LogP contribution in [0.1, 0.15) is 38.8 Å². The average molecular weight is 258 g/mol. The molecule has 0 aliphatic carbocycles. The van der Waals surface area contributed by atoms with E-state index in [0.717, 1.165) is 6.42 Å². The van der Waals surface area contributed by atoms with Crippen LogP contribution in [0.4, 0.5) is 8.78 Å². The summed E-state index contributed by atoms with van der Waals surface area (Å²) in [5.41, 5.74) is 0.455. The van der Waals surface area contributed by atoms with Gasteiger partial charge in [0.2, 0.25) is 0 Å². The van der Waals surface area contributed by atoms with Crippen molar-refractivity contribution in [3.63, 3.8) is 0 Å². The first-order chi connectivity index (χ1) is 8.54. The van der Waals surface area contributed by atoms with E-state index in [0.29, 0.717) is 17.9 Å². The van der Waals surface area contributed by atoms with Gasteiger partial charge in [0.1, 0.15) is 5.75 Å². The third-order valence-electron chi connectivity index (χ3n) is 2.33. The van der Waals surface area contributed by atoms with Crippen LogP contribution in [0, 0.1) is 0 Å². The van der Waals surface area contributed by atoms with Crippen LogP contribution in [0.15, 0.2) is 18.5 Å². The Kier molecular flexibility index (Phi) is 5.98. The van der Waals surface area contributed by atoms with Crippen molar-refractivity contribution in [2.45, 2.75) is 45.8 Å². The fourth-order valence-electron chi connectivity index (χ4n) is 1.59. The molecule has 1 unspecified atom stereocenters. The van der Waals surface area contributed by atoms with Gasteiger partial charge in [0.15, 0.2) is 0 Å². The van der Waals surface area contributed by atoms with Gasteiger partial charge in [-0.25, -0.2) is 8.78 Å². The molecule has 1 atom stereocenters. The van der Waals surface area contributed by atoms with Crippen LogP contribution < -0.4 is 10.1 Å². The number of nitrogens with zero attached hydrogens (tertiary/aromatic N) is 1. The lowest BCUT2D eigenvalue weighted by Gasteiger charge is -2.18. The molecule has 18 heavy (non-hydrogen) atoms. The number of ether oxygens (including phenoxy) is 1. The summed E-state index contributed by atoms with van der Waals surface area (Å²) in [6, 6.07) is 0.625. The highest BCUT2D eigenvalue weighted by molar-refractivity contribution is 5.26. The Morgan fingerprint density at radius 1 is 1.33 bits per heavy atom. The van der Waals surface area contributed by atoms with E-state index < -0.39 is 12.5 Å².